The van der Waals surface area contributed by atoms with Crippen molar-refractivity contribution >= 4 is 33.3 Å². The van der Waals surface area contributed by atoms with Gasteiger partial charge in [0.2, 0.25) is 0 Å². The number of carbonyl (C=O) groups excluding carboxylic acids is 1. The molecule has 0 aliphatic carbocycles. The minimum Gasteiger partial charge on any atom is -0.497 e. The van der Waals surface area contributed by atoms with Crippen molar-refractivity contribution in [1.29, 1.82) is 0 Å². The van der Waals surface area contributed by atoms with Gasteiger partial charge in [0, 0.05) is 22.4 Å². The van der Waals surface area contributed by atoms with Crippen LogP contribution in [-0.4, -0.2) is 18.0 Å². The number of hydrogen-bond donors (Lipinski definition) is 1. The van der Waals surface area contributed by atoms with E-state index in [1.807, 2.05) is 35.7 Å². The van der Waals surface area contributed by atoms with Gasteiger partial charge in [-0.15, -0.1) is 11.3 Å². The molecule has 0 fully saturated rings. The van der Waals surface area contributed by atoms with Crippen molar-refractivity contribution in [3.8, 4) is 17.0 Å². The summed E-state index contributed by atoms with van der Waals surface area (Å²) in [5.74, 6) is 0.00880. The Bertz CT molecular complexity index is 1180. The first kappa shape index (κ1) is 17.0. The van der Waals surface area contributed by atoms with E-state index in [1.165, 1.54) is 24.5 Å². The van der Waals surface area contributed by atoms with Gasteiger partial charge in [0.15, 0.2) is 5.13 Å². The van der Waals surface area contributed by atoms with Crippen LogP contribution in [0.1, 0.15) is 10.4 Å². The van der Waals surface area contributed by atoms with E-state index in [2.05, 4.69) is 10.3 Å². The zero-order valence-corrected chi connectivity index (χ0v) is 15.1. The fourth-order valence-corrected chi connectivity index (χ4v) is 3.33. The average Bonchev–Trinajstić information content (AvgIpc) is 3.16. The van der Waals surface area contributed by atoms with Crippen LogP contribution in [0.5, 0.6) is 5.75 Å². The Balaban J connectivity index is 1.61. The summed E-state index contributed by atoms with van der Waals surface area (Å²) in [6.45, 7) is 0. The number of benzene rings is 2. The molecule has 0 saturated carbocycles. The zero-order valence-electron chi connectivity index (χ0n) is 14.3. The van der Waals surface area contributed by atoms with Gasteiger partial charge in [0.25, 0.3) is 5.91 Å². The van der Waals surface area contributed by atoms with Crippen LogP contribution in [0.2, 0.25) is 0 Å². The summed E-state index contributed by atoms with van der Waals surface area (Å²) in [4.78, 5) is 29.1. The van der Waals surface area contributed by atoms with E-state index in [9.17, 15) is 9.59 Å². The highest BCUT2D eigenvalue weighted by Gasteiger charge is 2.16. The van der Waals surface area contributed by atoms with Crippen LogP contribution >= 0.6 is 11.3 Å². The second-order valence-corrected chi connectivity index (χ2v) is 6.57. The van der Waals surface area contributed by atoms with Crippen LogP contribution in [0, 0.1) is 0 Å². The first-order valence-corrected chi connectivity index (χ1v) is 8.96. The molecule has 4 aromatic rings. The minimum absolute atomic E-state index is 0.0795. The standard InChI is InChI=1S/C20H14N2O4S/c1-25-14-8-7-13-9-15(19(24)26-17(13)10-14)18(23)22-20-21-16(11-27-20)12-5-3-2-4-6-12/h2-11H,1H3,(H,21,22,23). The lowest BCUT2D eigenvalue weighted by Gasteiger charge is -2.04. The van der Waals surface area contributed by atoms with Gasteiger partial charge in [-0.2, -0.15) is 0 Å². The number of methoxy groups -OCH3 is 1. The molecule has 0 spiro atoms. The summed E-state index contributed by atoms with van der Waals surface area (Å²) < 4.78 is 10.4. The number of amides is 1. The zero-order chi connectivity index (χ0) is 18.8. The maximum atomic E-state index is 12.5. The normalized spacial score (nSPS) is 10.7. The lowest BCUT2D eigenvalue weighted by molar-refractivity contribution is 0.102. The summed E-state index contributed by atoms with van der Waals surface area (Å²) in [5.41, 5.74) is 1.27. The SMILES string of the molecule is COc1ccc2cc(C(=O)Nc3nc(-c4ccccc4)cs3)c(=O)oc2c1. The maximum absolute atomic E-state index is 12.5. The van der Waals surface area contributed by atoms with E-state index in [0.29, 0.717) is 21.9 Å². The predicted molar refractivity (Wildman–Crippen MR) is 105 cm³/mol. The fraction of sp³-hybridized carbons (Fsp3) is 0.0500. The number of carbonyl (C=O) groups is 1. The molecule has 7 heteroatoms. The van der Waals surface area contributed by atoms with Crippen LogP contribution in [0.25, 0.3) is 22.2 Å². The first-order chi connectivity index (χ1) is 13.1. The Kier molecular flexibility index (Phi) is 4.43. The second-order valence-electron chi connectivity index (χ2n) is 5.71. The smallest absolute Gasteiger partial charge is 0.349 e. The number of ether oxygens (including phenoxy) is 1. The van der Waals surface area contributed by atoms with E-state index in [0.717, 1.165) is 11.3 Å². The number of hydrogen-bond acceptors (Lipinski definition) is 6. The third-order valence-corrected chi connectivity index (χ3v) is 4.74. The monoisotopic (exact) mass is 378 g/mol. The topological polar surface area (TPSA) is 81.4 Å². The van der Waals surface area contributed by atoms with Gasteiger partial charge in [0.05, 0.1) is 12.8 Å². The summed E-state index contributed by atoms with van der Waals surface area (Å²) in [7, 11) is 1.53. The molecule has 27 heavy (non-hydrogen) atoms. The molecule has 2 aromatic heterocycles. The van der Waals surface area contributed by atoms with Gasteiger partial charge < -0.3 is 9.15 Å². The van der Waals surface area contributed by atoms with Crippen molar-refractivity contribution in [3.63, 3.8) is 0 Å². The lowest BCUT2D eigenvalue weighted by atomic mass is 10.1. The van der Waals surface area contributed by atoms with Crippen LogP contribution < -0.4 is 15.7 Å². The number of fused-ring (bicyclic) bond motifs is 1. The Morgan fingerprint density at radius 2 is 1.96 bits per heavy atom. The summed E-state index contributed by atoms with van der Waals surface area (Å²) >= 11 is 1.29. The predicted octanol–water partition coefficient (Wildman–Crippen LogP) is 4.18. The third kappa shape index (κ3) is 3.45. The van der Waals surface area contributed by atoms with Crippen molar-refractivity contribution in [2.45, 2.75) is 0 Å². The third-order valence-electron chi connectivity index (χ3n) is 3.98. The van der Waals surface area contributed by atoms with Crippen LogP contribution in [0.4, 0.5) is 5.13 Å². The highest BCUT2D eigenvalue weighted by molar-refractivity contribution is 7.14. The Hall–Kier alpha value is -3.45. The molecule has 6 nitrogen and oxygen atoms in total. The van der Waals surface area contributed by atoms with Crippen LogP contribution in [0.15, 0.2) is 69.2 Å². The van der Waals surface area contributed by atoms with Crippen molar-refractivity contribution in [3.05, 3.63) is 76.0 Å². The summed E-state index contributed by atoms with van der Waals surface area (Å²) in [6.07, 6.45) is 0. The van der Waals surface area contributed by atoms with Crippen molar-refractivity contribution in [2.75, 3.05) is 12.4 Å². The fourth-order valence-electron chi connectivity index (χ4n) is 2.61. The van der Waals surface area contributed by atoms with Gasteiger partial charge in [-0.1, -0.05) is 30.3 Å². The molecule has 2 heterocycles. The van der Waals surface area contributed by atoms with Crippen molar-refractivity contribution < 1.29 is 13.9 Å². The van der Waals surface area contributed by atoms with E-state index in [1.54, 1.807) is 18.2 Å². The molecular formula is C20H14N2O4S. The van der Waals surface area contributed by atoms with Crippen LogP contribution in [-0.2, 0) is 0 Å². The number of aromatic nitrogens is 1. The van der Waals surface area contributed by atoms with E-state index >= 15 is 0 Å². The van der Waals surface area contributed by atoms with Gasteiger partial charge in [-0.05, 0) is 18.2 Å². The number of thiazole rings is 1. The molecule has 1 amide bonds. The van der Waals surface area contributed by atoms with Crippen molar-refractivity contribution in [2.24, 2.45) is 0 Å². The molecular weight excluding hydrogens is 364 g/mol. The maximum Gasteiger partial charge on any atom is 0.349 e. The molecule has 0 radical (unpaired) electrons. The molecule has 0 aliphatic heterocycles. The lowest BCUT2D eigenvalue weighted by Crippen LogP contribution is -2.20. The molecule has 0 atom stereocenters. The molecule has 0 bridgehead atoms. The summed E-state index contributed by atoms with van der Waals surface area (Å²) in [5, 5.41) is 5.55. The molecule has 0 aliphatic rings. The van der Waals surface area contributed by atoms with Crippen molar-refractivity contribution in [1.82, 2.24) is 4.98 Å². The van der Waals surface area contributed by atoms with E-state index in [-0.39, 0.29) is 5.56 Å². The molecule has 4 rings (SSSR count). The minimum atomic E-state index is -0.715. The van der Waals surface area contributed by atoms with Gasteiger partial charge in [0.1, 0.15) is 16.9 Å². The largest absolute Gasteiger partial charge is 0.497 e. The second kappa shape index (κ2) is 7.05. The quantitative estimate of drug-likeness (QED) is 0.539. The number of nitrogens with zero attached hydrogens (tertiary/aromatic N) is 1. The first-order valence-electron chi connectivity index (χ1n) is 8.08. The highest BCUT2D eigenvalue weighted by atomic mass is 32.1. The molecule has 1 N–H and O–H groups in total. The number of rotatable bonds is 4. The van der Waals surface area contributed by atoms with Gasteiger partial charge in [-0.3, -0.25) is 10.1 Å². The van der Waals surface area contributed by atoms with Gasteiger partial charge >= 0.3 is 5.63 Å². The Morgan fingerprint density at radius 1 is 1.15 bits per heavy atom. The molecule has 0 saturated heterocycles. The highest BCUT2D eigenvalue weighted by Crippen LogP contribution is 2.25. The molecule has 2 aromatic carbocycles. The number of nitrogens with one attached hydrogen (secondary N) is 1. The Morgan fingerprint density at radius 3 is 2.74 bits per heavy atom. The average molecular weight is 378 g/mol. The van der Waals surface area contributed by atoms with E-state index < -0.39 is 11.5 Å². The van der Waals surface area contributed by atoms with E-state index in [4.69, 9.17) is 9.15 Å². The summed E-state index contributed by atoms with van der Waals surface area (Å²) in [6, 6.07) is 16.2. The van der Waals surface area contributed by atoms with Gasteiger partial charge in [-0.25, -0.2) is 9.78 Å². The molecule has 0 unspecified atom stereocenters. The van der Waals surface area contributed by atoms with Crippen LogP contribution in [0.3, 0.4) is 0 Å². The number of anilines is 1. The molecule has 134 valence electrons. The Labute approximate surface area is 158 Å².